The molecule has 2 bridgehead atoms. The highest BCUT2D eigenvalue weighted by atomic mass is 32.1. The molecular weight excluding hydrogens is 514 g/mol. The highest BCUT2D eigenvalue weighted by molar-refractivity contribution is 7.20. The Kier molecular flexibility index (Phi) is 6.16. The summed E-state index contributed by atoms with van der Waals surface area (Å²) in [6.07, 6.45) is 3.73. The zero-order chi connectivity index (χ0) is 27.4. The number of methoxy groups -OCH3 is 3. The molecule has 1 aromatic heterocycles. The number of nitrogens with two attached hydrogens (primary N) is 1. The zero-order valence-electron chi connectivity index (χ0n) is 22.2. The molecule has 1 fully saturated rings. The first kappa shape index (κ1) is 25.1. The first-order chi connectivity index (χ1) is 19.0. The van der Waals surface area contributed by atoms with Crippen molar-refractivity contribution in [1.82, 2.24) is 0 Å². The summed E-state index contributed by atoms with van der Waals surface area (Å²) in [6.45, 7) is 1.96. The summed E-state index contributed by atoms with van der Waals surface area (Å²) in [6, 6.07) is 8.32. The molecule has 200 valence electrons. The predicted octanol–water partition coefficient (Wildman–Crippen LogP) is 4.65. The van der Waals surface area contributed by atoms with Gasteiger partial charge in [-0.1, -0.05) is 11.3 Å². The highest BCUT2D eigenvalue weighted by Gasteiger charge is 2.44. The van der Waals surface area contributed by atoms with Crippen LogP contribution in [-0.2, 0) is 4.79 Å². The van der Waals surface area contributed by atoms with Crippen LogP contribution in [0.2, 0.25) is 0 Å². The number of benzene rings is 1. The van der Waals surface area contributed by atoms with E-state index in [9.17, 15) is 15.3 Å². The SMILES string of the molecule is COc1cc([C@@H]2C(C#N)=C(N)N(c3sc4c(c3C#N)C3CCN4CC3)C3=C2C(=O)CCC3)cc(OC)c1OC. The lowest BCUT2D eigenvalue weighted by atomic mass is 9.75. The normalized spacial score (nSPS) is 20.4. The summed E-state index contributed by atoms with van der Waals surface area (Å²) in [7, 11) is 4.58. The summed E-state index contributed by atoms with van der Waals surface area (Å²) in [5.41, 5.74) is 10.8. The lowest BCUT2D eigenvalue weighted by Crippen LogP contribution is -2.38. The fourth-order valence-electron chi connectivity index (χ4n) is 6.59. The second-order valence-corrected chi connectivity index (χ2v) is 11.1. The van der Waals surface area contributed by atoms with E-state index in [-0.39, 0.29) is 17.2 Å². The summed E-state index contributed by atoms with van der Waals surface area (Å²) in [5, 5.41) is 22.6. The molecule has 39 heavy (non-hydrogen) atoms. The van der Waals surface area contributed by atoms with E-state index in [0.29, 0.717) is 64.1 Å². The van der Waals surface area contributed by atoms with Crippen LogP contribution >= 0.6 is 11.3 Å². The standard InChI is InChI=1S/C29H29N5O4S/c1-36-21-11-16(12-22(37-2)26(21)38-3)23-17(13-30)27(32)34(19-5-4-6-20(35)25(19)23)28-18(14-31)24-15-7-9-33(10-8-15)29(24)39-28/h11-12,15,23H,4-10,32H2,1-3H3/t23-/m1/s1. The molecule has 1 saturated heterocycles. The Bertz CT molecular complexity index is 1510. The molecule has 0 spiro atoms. The number of piperidine rings is 1. The van der Waals surface area contributed by atoms with E-state index < -0.39 is 5.92 Å². The fraction of sp³-hybridized carbons (Fsp3) is 0.414. The highest BCUT2D eigenvalue weighted by Crippen LogP contribution is 2.56. The van der Waals surface area contributed by atoms with Crippen LogP contribution in [-0.4, -0.2) is 40.2 Å². The molecule has 5 heterocycles. The van der Waals surface area contributed by atoms with Crippen LogP contribution < -0.4 is 29.7 Å². The van der Waals surface area contributed by atoms with Crippen LogP contribution in [0.25, 0.3) is 0 Å². The number of hydrogen-bond donors (Lipinski definition) is 1. The number of allylic oxidation sites excluding steroid dienone is 3. The minimum Gasteiger partial charge on any atom is -0.493 e. The number of fused-ring (bicyclic) bond motifs is 2. The maximum absolute atomic E-state index is 13.6. The molecule has 1 aliphatic carbocycles. The number of thiophene rings is 1. The smallest absolute Gasteiger partial charge is 0.203 e. The van der Waals surface area contributed by atoms with Crippen LogP contribution in [0.4, 0.5) is 10.0 Å². The summed E-state index contributed by atoms with van der Waals surface area (Å²) in [5.74, 6) is 1.17. The monoisotopic (exact) mass is 543 g/mol. The minimum atomic E-state index is -0.692. The maximum atomic E-state index is 13.6. The van der Waals surface area contributed by atoms with E-state index in [0.717, 1.165) is 42.2 Å². The van der Waals surface area contributed by atoms with Crippen LogP contribution in [0, 0.1) is 22.7 Å². The number of nitrogens with zero attached hydrogens (tertiary/aromatic N) is 4. The number of Topliss-reactive ketones (excluding diaryl/α,β-unsaturated/α-hetero) is 1. The molecule has 10 heteroatoms. The molecule has 1 aromatic carbocycles. The Labute approximate surface area is 231 Å². The van der Waals surface area contributed by atoms with Gasteiger partial charge in [-0.05, 0) is 49.3 Å². The van der Waals surface area contributed by atoms with Gasteiger partial charge in [0.2, 0.25) is 5.75 Å². The molecule has 7 rings (SSSR count). The van der Waals surface area contributed by atoms with Crippen LogP contribution in [0.1, 0.15) is 60.6 Å². The van der Waals surface area contributed by atoms with Crippen LogP contribution in [0.5, 0.6) is 17.2 Å². The van der Waals surface area contributed by atoms with Gasteiger partial charge in [-0.2, -0.15) is 10.5 Å². The topological polar surface area (TPSA) is 125 Å². The summed E-state index contributed by atoms with van der Waals surface area (Å²) in [4.78, 5) is 17.8. The van der Waals surface area contributed by atoms with Crippen molar-refractivity contribution in [3.63, 3.8) is 0 Å². The molecule has 9 nitrogen and oxygen atoms in total. The Morgan fingerprint density at radius 1 is 1.00 bits per heavy atom. The molecule has 0 radical (unpaired) electrons. The van der Waals surface area contributed by atoms with Gasteiger partial charge in [-0.25, -0.2) is 0 Å². The van der Waals surface area contributed by atoms with Gasteiger partial charge in [0.25, 0.3) is 0 Å². The van der Waals surface area contributed by atoms with E-state index in [1.807, 2.05) is 4.90 Å². The van der Waals surface area contributed by atoms with Crippen molar-refractivity contribution in [2.24, 2.45) is 5.73 Å². The van der Waals surface area contributed by atoms with Gasteiger partial charge in [-0.15, -0.1) is 0 Å². The third kappa shape index (κ3) is 3.59. The lowest BCUT2D eigenvalue weighted by molar-refractivity contribution is -0.116. The van der Waals surface area contributed by atoms with Gasteiger partial charge in [0, 0.05) is 36.3 Å². The second-order valence-electron chi connectivity index (χ2n) is 10.1. The summed E-state index contributed by atoms with van der Waals surface area (Å²) < 4.78 is 16.6. The molecule has 2 aromatic rings. The van der Waals surface area contributed by atoms with Crippen molar-refractivity contribution < 1.29 is 19.0 Å². The molecule has 5 aliphatic rings. The first-order valence-electron chi connectivity index (χ1n) is 13.0. The third-order valence-electron chi connectivity index (χ3n) is 8.35. The average molecular weight is 544 g/mol. The molecule has 0 unspecified atom stereocenters. The Morgan fingerprint density at radius 3 is 2.28 bits per heavy atom. The number of ketones is 1. The van der Waals surface area contributed by atoms with Gasteiger partial charge in [-0.3, -0.25) is 9.69 Å². The van der Waals surface area contributed by atoms with Crippen LogP contribution in [0.3, 0.4) is 0 Å². The molecule has 4 aliphatic heterocycles. The molecule has 0 amide bonds. The van der Waals surface area contributed by atoms with E-state index in [1.54, 1.807) is 23.5 Å². The molecule has 2 N–H and O–H groups in total. The van der Waals surface area contributed by atoms with E-state index in [1.165, 1.54) is 21.3 Å². The number of rotatable bonds is 5. The Hall–Kier alpha value is -4.15. The second kappa shape index (κ2) is 9.55. The quantitative estimate of drug-likeness (QED) is 0.574. The third-order valence-corrected chi connectivity index (χ3v) is 9.60. The number of nitriles is 2. The lowest BCUT2D eigenvalue weighted by Gasteiger charge is -2.39. The van der Waals surface area contributed by atoms with Gasteiger partial charge in [0.15, 0.2) is 17.3 Å². The van der Waals surface area contributed by atoms with E-state index in [2.05, 4.69) is 17.0 Å². The van der Waals surface area contributed by atoms with Gasteiger partial charge in [0.1, 0.15) is 16.9 Å². The minimum absolute atomic E-state index is 0.0242. The zero-order valence-corrected chi connectivity index (χ0v) is 23.0. The predicted molar refractivity (Wildman–Crippen MR) is 147 cm³/mol. The maximum Gasteiger partial charge on any atom is 0.203 e. The first-order valence-corrected chi connectivity index (χ1v) is 13.9. The van der Waals surface area contributed by atoms with Crippen molar-refractivity contribution in [2.45, 2.75) is 43.9 Å². The largest absolute Gasteiger partial charge is 0.493 e. The van der Waals surface area contributed by atoms with E-state index >= 15 is 0 Å². The number of carbonyl (C=O) groups excluding carboxylic acids is 1. The van der Waals surface area contributed by atoms with Crippen molar-refractivity contribution in [2.75, 3.05) is 44.2 Å². The Balaban J connectivity index is 1.59. The number of anilines is 2. The average Bonchev–Trinajstić information content (AvgIpc) is 3.37. The molecule has 1 atom stereocenters. The number of ether oxygens (including phenoxy) is 3. The number of hydrogen-bond acceptors (Lipinski definition) is 10. The van der Waals surface area contributed by atoms with Crippen LogP contribution in [0.15, 0.2) is 34.8 Å². The van der Waals surface area contributed by atoms with Crippen molar-refractivity contribution >= 4 is 27.1 Å². The van der Waals surface area contributed by atoms with Crippen molar-refractivity contribution in [1.29, 1.82) is 10.5 Å². The summed E-state index contributed by atoms with van der Waals surface area (Å²) >= 11 is 1.55. The Morgan fingerprint density at radius 2 is 1.69 bits per heavy atom. The van der Waals surface area contributed by atoms with Gasteiger partial charge in [0.05, 0.1) is 49.5 Å². The van der Waals surface area contributed by atoms with Gasteiger partial charge < -0.3 is 24.8 Å². The van der Waals surface area contributed by atoms with Gasteiger partial charge >= 0.3 is 0 Å². The number of carbonyl (C=O) groups is 1. The molecule has 0 saturated carbocycles. The van der Waals surface area contributed by atoms with E-state index in [4.69, 9.17) is 19.9 Å². The van der Waals surface area contributed by atoms with Crippen molar-refractivity contribution in [3.8, 4) is 29.4 Å². The van der Waals surface area contributed by atoms with Crippen molar-refractivity contribution in [3.05, 3.63) is 51.5 Å². The molecular formula is C29H29N5O4S. The fourth-order valence-corrected chi connectivity index (χ4v) is 8.02.